The maximum absolute atomic E-state index is 11.9. The number of amides is 1. The van der Waals surface area contributed by atoms with Gasteiger partial charge in [-0.2, -0.15) is 0 Å². The van der Waals surface area contributed by atoms with E-state index in [4.69, 9.17) is 9.47 Å². The lowest BCUT2D eigenvalue weighted by atomic mass is 9.69. The van der Waals surface area contributed by atoms with Gasteiger partial charge in [-0.05, 0) is 31.6 Å². The first-order valence-electron chi connectivity index (χ1n) is 8.04. The molecule has 1 atom stereocenters. The summed E-state index contributed by atoms with van der Waals surface area (Å²) >= 11 is 1.64. The molecule has 1 amide bonds. The van der Waals surface area contributed by atoms with Crippen LogP contribution in [0.15, 0.2) is 0 Å². The molecule has 2 saturated heterocycles. The first kappa shape index (κ1) is 16.6. The summed E-state index contributed by atoms with van der Waals surface area (Å²) in [6.07, 6.45) is 3.06. The predicted molar refractivity (Wildman–Crippen MR) is 87.8 cm³/mol. The van der Waals surface area contributed by atoms with E-state index in [0.717, 1.165) is 49.1 Å². The topological polar surface area (TPSA) is 76.6 Å². The normalized spacial score (nSPS) is 23.9. The summed E-state index contributed by atoms with van der Waals surface area (Å²) in [6.45, 7) is 5.34. The van der Waals surface area contributed by atoms with Crippen LogP contribution in [0.25, 0.3) is 0 Å². The van der Waals surface area contributed by atoms with Gasteiger partial charge < -0.3 is 19.7 Å². The minimum absolute atomic E-state index is 0.0652. The van der Waals surface area contributed by atoms with Gasteiger partial charge in [0.25, 0.3) is 0 Å². The molecular weight excluding hydrogens is 316 g/mol. The first-order chi connectivity index (χ1) is 11.1. The van der Waals surface area contributed by atoms with Gasteiger partial charge in [0.05, 0.1) is 12.6 Å². The molecule has 0 unspecified atom stereocenters. The lowest BCUT2D eigenvalue weighted by molar-refractivity contribution is -0.129. The summed E-state index contributed by atoms with van der Waals surface area (Å²) in [5.74, 6) is -0.0652. The molecule has 128 valence electrons. The highest BCUT2D eigenvalue weighted by molar-refractivity contribution is 7.15. The fourth-order valence-electron chi connectivity index (χ4n) is 3.55. The van der Waals surface area contributed by atoms with Gasteiger partial charge in [-0.15, -0.1) is 10.2 Å². The third kappa shape index (κ3) is 3.64. The molecule has 0 saturated carbocycles. The third-order valence-corrected chi connectivity index (χ3v) is 5.82. The number of aryl methyl sites for hydroxylation is 1. The van der Waals surface area contributed by atoms with Crippen molar-refractivity contribution in [1.29, 1.82) is 0 Å². The smallest absolute Gasteiger partial charge is 0.246 e. The number of nitrogens with one attached hydrogen (secondary N) is 1. The average molecular weight is 340 g/mol. The van der Waals surface area contributed by atoms with Crippen molar-refractivity contribution >= 4 is 22.4 Å². The largest absolute Gasteiger partial charge is 0.379 e. The number of carbonyl (C=O) groups is 1. The van der Waals surface area contributed by atoms with Crippen LogP contribution in [0.4, 0.5) is 5.13 Å². The van der Waals surface area contributed by atoms with Crippen LogP contribution in [0.5, 0.6) is 0 Å². The van der Waals surface area contributed by atoms with Crippen LogP contribution in [0.3, 0.4) is 0 Å². The molecule has 1 aromatic heterocycles. The summed E-state index contributed by atoms with van der Waals surface area (Å²) in [6, 6.07) is 0.0669. The molecule has 2 aliphatic rings. The molecule has 2 aliphatic heterocycles. The Balaban J connectivity index is 1.64. The second kappa shape index (κ2) is 7.11. The summed E-state index contributed by atoms with van der Waals surface area (Å²) in [7, 11) is 1.54. The molecule has 0 radical (unpaired) electrons. The van der Waals surface area contributed by atoms with Gasteiger partial charge in [0, 0.05) is 26.8 Å². The second-order valence-electron chi connectivity index (χ2n) is 6.33. The van der Waals surface area contributed by atoms with Crippen molar-refractivity contribution < 1.29 is 14.3 Å². The van der Waals surface area contributed by atoms with Gasteiger partial charge in [0.1, 0.15) is 11.6 Å². The van der Waals surface area contributed by atoms with E-state index < -0.39 is 0 Å². The zero-order valence-electron chi connectivity index (χ0n) is 13.7. The quantitative estimate of drug-likeness (QED) is 0.881. The van der Waals surface area contributed by atoms with E-state index in [2.05, 4.69) is 20.4 Å². The molecule has 2 fully saturated rings. The molecular formula is C15H24N4O3S. The standard InChI is InChI=1S/C15H24N4O3S/c1-11-17-18-14(23-11)19-6-3-15(4-7-19)5-8-22-9-12(15)16-13(20)10-21-2/h12H,3-10H2,1-2H3,(H,16,20)/t12-/m0/s1. The highest BCUT2D eigenvalue weighted by Crippen LogP contribution is 2.42. The lowest BCUT2D eigenvalue weighted by Gasteiger charge is -2.49. The van der Waals surface area contributed by atoms with E-state index in [-0.39, 0.29) is 24.0 Å². The molecule has 0 aromatic carbocycles. The van der Waals surface area contributed by atoms with Crippen molar-refractivity contribution in [3.05, 3.63) is 5.01 Å². The van der Waals surface area contributed by atoms with E-state index in [0.29, 0.717) is 6.61 Å². The number of methoxy groups -OCH3 is 1. The first-order valence-corrected chi connectivity index (χ1v) is 8.86. The summed E-state index contributed by atoms with van der Waals surface area (Å²) in [5, 5.41) is 13.5. The Hall–Kier alpha value is -1.25. The maximum Gasteiger partial charge on any atom is 0.246 e. The average Bonchev–Trinajstić information content (AvgIpc) is 2.97. The minimum atomic E-state index is -0.0652. The zero-order chi connectivity index (χ0) is 16.3. The summed E-state index contributed by atoms with van der Waals surface area (Å²) in [5.41, 5.74) is 0.123. The number of anilines is 1. The van der Waals surface area contributed by atoms with Gasteiger partial charge in [-0.1, -0.05) is 11.3 Å². The van der Waals surface area contributed by atoms with Crippen LogP contribution in [-0.2, 0) is 14.3 Å². The van der Waals surface area contributed by atoms with Crippen LogP contribution in [-0.4, -0.2) is 62.2 Å². The Bertz CT molecular complexity index is 543. The monoisotopic (exact) mass is 340 g/mol. The van der Waals surface area contributed by atoms with Gasteiger partial charge in [0.15, 0.2) is 0 Å². The SMILES string of the molecule is COCC(=O)N[C@H]1COCCC12CCN(c1nnc(C)s1)CC2. The van der Waals surface area contributed by atoms with Crippen LogP contribution in [0.1, 0.15) is 24.3 Å². The molecule has 1 N–H and O–H groups in total. The molecule has 7 nitrogen and oxygen atoms in total. The second-order valence-corrected chi connectivity index (χ2v) is 7.49. The van der Waals surface area contributed by atoms with Crippen LogP contribution >= 0.6 is 11.3 Å². The Labute approximate surface area is 140 Å². The molecule has 0 bridgehead atoms. The number of hydrogen-bond donors (Lipinski definition) is 1. The Kier molecular flexibility index (Phi) is 5.13. The number of nitrogens with zero attached hydrogens (tertiary/aromatic N) is 3. The Morgan fingerprint density at radius 1 is 1.43 bits per heavy atom. The predicted octanol–water partition coefficient (Wildman–Crippen LogP) is 0.985. The maximum atomic E-state index is 11.9. The number of carbonyl (C=O) groups excluding carboxylic acids is 1. The van der Waals surface area contributed by atoms with Crippen molar-refractivity contribution in [2.45, 2.75) is 32.2 Å². The fourth-order valence-corrected chi connectivity index (χ4v) is 4.28. The number of ether oxygens (including phenoxy) is 2. The minimum Gasteiger partial charge on any atom is -0.379 e. The number of aromatic nitrogens is 2. The van der Waals surface area contributed by atoms with Crippen LogP contribution in [0.2, 0.25) is 0 Å². The van der Waals surface area contributed by atoms with E-state index in [9.17, 15) is 4.79 Å². The number of rotatable bonds is 4. The molecule has 8 heteroatoms. The molecule has 3 rings (SSSR count). The van der Waals surface area contributed by atoms with Crippen molar-refractivity contribution in [3.8, 4) is 0 Å². The van der Waals surface area contributed by atoms with Crippen LogP contribution in [0, 0.1) is 12.3 Å². The summed E-state index contributed by atoms with van der Waals surface area (Å²) in [4.78, 5) is 14.2. The van der Waals surface area contributed by atoms with E-state index in [1.54, 1.807) is 11.3 Å². The van der Waals surface area contributed by atoms with Gasteiger partial charge >= 0.3 is 0 Å². The van der Waals surface area contributed by atoms with Crippen LogP contribution < -0.4 is 10.2 Å². The lowest BCUT2D eigenvalue weighted by Crippen LogP contribution is -2.58. The third-order valence-electron chi connectivity index (χ3n) is 4.92. The number of hydrogen-bond acceptors (Lipinski definition) is 7. The molecule has 0 aliphatic carbocycles. The van der Waals surface area contributed by atoms with Crippen molar-refractivity contribution in [3.63, 3.8) is 0 Å². The van der Waals surface area contributed by atoms with Crippen molar-refractivity contribution in [2.24, 2.45) is 5.41 Å². The fraction of sp³-hybridized carbons (Fsp3) is 0.800. The van der Waals surface area contributed by atoms with Crippen molar-refractivity contribution in [1.82, 2.24) is 15.5 Å². The molecule has 1 aromatic rings. The van der Waals surface area contributed by atoms with Gasteiger partial charge in [0.2, 0.25) is 11.0 Å². The highest BCUT2D eigenvalue weighted by atomic mass is 32.1. The van der Waals surface area contributed by atoms with E-state index >= 15 is 0 Å². The number of piperidine rings is 1. The Morgan fingerprint density at radius 2 is 2.22 bits per heavy atom. The van der Waals surface area contributed by atoms with Gasteiger partial charge in [-0.3, -0.25) is 4.79 Å². The van der Waals surface area contributed by atoms with E-state index in [1.165, 1.54) is 7.11 Å². The summed E-state index contributed by atoms with van der Waals surface area (Å²) < 4.78 is 10.5. The molecule has 1 spiro atoms. The molecule has 23 heavy (non-hydrogen) atoms. The van der Waals surface area contributed by atoms with Crippen molar-refractivity contribution in [2.75, 3.05) is 44.9 Å². The van der Waals surface area contributed by atoms with E-state index in [1.807, 2.05) is 6.92 Å². The molecule has 3 heterocycles. The zero-order valence-corrected chi connectivity index (χ0v) is 14.5. The van der Waals surface area contributed by atoms with Gasteiger partial charge in [-0.25, -0.2) is 0 Å². The Morgan fingerprint density at radius 3 is 2.87 bits per heavy atom. The highest BCUT2D eigenvalue weighted by Gasteiger charge is 2.44.